The highest BCUT2D eigenvalue weighted by Crippen LogP contribution is 2.10. The second-order valence-corrected chi connectivity index (χ2v) is 5.44. The Bertz CT molecular complexity index is 344. The van der Waals surface area contributed by atoms with Gasteiger partial charge in [-0.25, -0.2) is 0 Å². The fourth-order valence-corrected chi connectivity index (χ4v) is 2.04. The minimum atomic E-state index is -0.539. The molecule has 1 atom stereocenters. The monoisotopic (exact) mass is 312 g/mol. The number of amides is 1. The zero-order valence-corrected chi connectivity index (χ0v) is 14.0. The van der Waals surface area contributed by atoms with Gasteiger partial charge in [-0.2, -0.15) is 0 Å². The maximum absolute atomic E-state index is 12.3. The summed E-state index contributed by atoms with van der Waals surface area (Å²) in [5, 5.41) is 18.3. The van der Waals surface area contributed by atoms with Crippen molar-refractivity contribution in [2.24, 2.45) is 5.73 Å². The van der Waals surface area contributed by atoms with Crippen LogP contribution in [-0.4, -0.2) is 53.4 Å². The quantitative estimate of drug-likeness (QED) is 0.478. The van der Waals surface area contributed by atoms with Crippen LogP contribution in [0.2, 0.25) is 0 Å². The Balaban J connectivity index is 4.51. The SMILES string of the molecule is CCCCN(CCCN)C(=O)CCC(/C=C\C(C)O)=C/CO. The average Bonchev–Trinajstić information content (AvgIpc) is 2.49. The normalized spacial score (nSPS) is 13.6. The van der Waals surface area contributed by atoms with E-state index in [-0.39, 0.29) is 12.5 Å². The van der Waals surface area contributed by atoms with E-state index in [1.165, 1.54) is 0 Å². The molecule has 0 rings (SSSR count). The van der Waals surface area contributed by atoms with E-state index >= 15 is 0 Å². The van der Waals surface area contributed by atoms with Gasteiger partial charge in [-0.15, -0.1) is 0 Å². The van der Waals surface area contributed by atoms with Crippen LogP contribution in [0.1, 0.15) is 46.0 Å². The van der Waals surface area contributed by atoms with Gasteiger partial charge in [0.2, 0.25) is 5.91 Å². The minimum absolute atomic E-state index is 0.0691. The molecule has 0 spiro atoms. The van der Waals surface area contributed by atoms with Crippen LogP contribution in [0, 0.1) is 0 Å². The maximum atomic E-state index is 12.3. The van der Waals surface area contributed by atoms with Gasteiger partial charge in [-0.05, 0) is 38.3 Å². The van der Waals surface area contributed by atoms with E-state index in [0.717, 1.165) is 31.4 Å². The smallest absolute Gasteiger partial charge is 0.222 e. The number of carbonyl (C=O) groups excluding carboxylic acids is 1. The molecule has 0 saturated carbocycles. The molecule has 0 bridgehead atoms. The van der Waals surface area contributed by atoms with Crippen molar-refractivity contribution in [3.05, 3.63) is 23.8 Å². The third kappa shape index (κ3) is 10.5. The molecule has 0 saturated heterocycles. The number of nitrogens with two attached hydrogens (primary N) is 1. The van der Waals surface area contributed by atoms with Crippen LogP contribution in [-0.2, 0) is 4.79 Å². The molecule has 0 fully saturated rings. The number of allylic oxidation sites excluding steroid dienone is 2. The number of hydrogen-bond acceptors (Lipinski definition) is 4. The van der Waals surface area contributed by atoms with Gasteiger partial charge in [0.25, 0.3) is 0 Å². The fraction of sp³-hybridized carbons (Fsp3) is 0.706. The molecule has 0 aromatic rings. The Kier molecular flexibility index (Phi) is 12.8. The molecule has 5 nitrogen and oxygen atoms in total. The molecule has 0 radical (unpaired) electrons. The van der Waals surface area contributed by atoms with Crippen LogP contribution >= 0.6 is 0 Å². The maximum Gasteiger partial charge on any atom is 0.222 e. The summed E-state index contributed by atoms with van der Waals surface area (Å²) in [4.78, 5) is 14.2. The number of unbranched alkanes of at least 4 members (excludes halogenated alkanes) is 1. The Morgan fingerprint density at radius 1 is 1.27 bits per heavy atom. The lowest BCUT2D eigenvalue weighted by Gasteiger charge is -2.22. The zero-order chi connectivity index (χ0) is 16.8. The number of carbonyl (C=O) groups is 1. The predicted octanol–water partition coefficient (Wildman–Crippen LogP) is 1.60. The summed E-state index contributed by atoms with van der Waals surface area (Å²) in [7, 11) is 0. The van der Waals surface area contributed by atoms with Crippen molar-refractivity contribution in [3.8, 4) is 0 Å². The van der Waals surface area contributed by atoms with Crippen molar-refractivity contribution in [2.45, 2.75) is 52.1 Å². The lowest BCUT2D eigenvalue weighted by Crippen LogP contribution is -2.33. The summed E-state index contributed by atoms with van der Waals surface area (Å²) in [6, 6.07) is 0. The van der Waals surface area contributed by atoms with Crippen molar-refractivity contribution in [2.75, 3.05) is 26.2 Å². The van der Waals surface area contributed by atoms with Gasteiger partial charge < -0.3 is 20.8 Å². The topological polar surface area (TPSA) is 86.8 Å². The van der Waals surface area contributed by atoms with E-state index < -0.39 is 6.10 Å². The van der Waals surface area contributed by atoms with Gasteiger partial charge >= 0.3 is 0 Å². The Morgan fingerprint density at radius 2 is 1.95 bits per heavy atom. The molecule has 22 heavy (non-hydrogen) atoms. The standard InChI is InChI=1S/C17H32N2O3/c1-3-4-12-19(13-5-11-18)17(22)9-8-16(10-14-20)7-6-15(2)21/h6-7,10,15,20-21H,3-5,8-9,11-14,18H2,1-2H3/b7-6-,16-10+. The lowest BCUT2D eigenvalue weighted by molar-refractivity contribution is -0.131. The molecule has 1 unspecified atom stereocenters. The number of rotatable bonds is 12. The van der Waals surface area contributed by atoms with Gasteiger partial charge in [0.15, 0.2) is 0 Å². The molecular formula is C17H32N2O3. The summed E-state index contributed by atoms with van der Waals surface area (Å²) in [5.74, 6) is 0.121. The third-order valence-corrected chi connectivity index (χ3v) is 3.34. The van der Waals surface area contributed by atoms with Gasteiger partial charge in [-0.1, -0.05) is 31.6 Å². The second kappa shape index (κ2) is 13.5. The van der Waals surface area contributed by atoms with Crippen LogP contribution in [0.3, 0.4) is 0 Å². The number of aliphatic hydroxyl groups excluding tert-OH is 2. The molecule has 5 heteroatoms. The number of aliphatic hydroxyl groups is 2. The lowest BCUT2D eigenvalue weighted by atomic mass is 10.1. The average molecular weight is 312 g/mol. The van der Waals surface area contributed by atoms with E-state index in [4.69, 9.17) is 10.8 Å². The highest BCUT2D eigenvalue weighted by Gasteiger charge is 2.12. The van der Waals surface area contributed by atoms with Crippen molar-refractivity contribution in [1.29, 1.82) is 0 Å². The fourth-order valence-electron chi connectivity index (χ4n) is 2.04. The van der Waals surface area contributed by atoms with E-state index in [1.807, 2.05) is 4.90 Å². The van der Waals surface area contributed by atoms with Crippen LogP contribution in [0.15, 0.2) is 23.8 Å². The molecule has 1 amide bonds. The molecule has 0 aliphatic heterocycles. The molecular weight excluding hydrogens is 280 g/mol. The van der Waals surface area contributed by atoms with Gasteiger partial charge in [0.1, 0.15) is 0 Å². The number of nitrogens with zero attached hydrogens (tertiary/aromatic N) is 1. The molecule has 128 valence electrons. The molecule has 0 aliphatic rings. The predicted molar refractivity (Wildman–Crippen MR) is 90.4 cm³/mol. The molecule has 0 aromatic carbocycles. The first-order valence-electron chi connectivity index (χ1n) is 8.19. The Labute approximate surface area is 134 Å². The summed E-state index contributed by atoms with van der Waals surface area (Å²) >= 11 is 0. The highest BCUT2D eigenvalue weighted by atomic mass is 16.3. The Morgan fingerprint density at radius 3 is 2.50 bits per heavy atom. The first kappa shape index (κ1) is 20.8. The first-order chi connectivity index (χ1) is 10.5. The van der Waals surface area contributed by atoms with Gasteiger partial charge in [0, 0.05) is 19.5 Å². The van der Waals surface area contributed by atoms with Crippen molar-refractivity contribution >= 4 is 5.91 Å². The molecule has 4 N–H and O–H groups in total. The minimum Gasteiger partial charge on any atom is -0.392 e. The van der Waals surface area contributed by atoms with Crippen molar-refractivity contribution in [3.63, 3.8) is 0 Å². The second-order valence-electron chi connectivity index (χ2n) is 5.44. The van der Waals surface area contributed by atoms with Crippen LogP contribution in [0.5, 0.6) is 0 Å². The first-order valence-corrected chi connectivity index (χ1v) is 8.19. The zero-order valence-electron chi connectivity index (χ0n) is 14.0. The van der Waals surface area contributed by atoms with Gasteiger partial charge in [0.05, 0.1) is 12.7 Å². The Hall–Kier alpha value is -1.17. The number of hydrogen-bond donors (Lipinski definition) is 3. The van der Waals surface area contributed by atoms with Crippen molar-refractivity contribution < 1.29 is 15.0 Å². The summed E-state index contributed by atoms with van der Waals surface area (Å²) in [6.07, 6.45) is 8.39. The van der Waals surface area contributed by atoms with E-state index in [0.29, 0.717) is 25.9 Å². The summed E-state index contributed by atoms with van der Waals surface area (Å²) < 4.78 is 0. The summed E-state index contributed by atoms with van der Waals surface area (Å²) in [6.45, 7) is 5.77. The molecule has 0 heterocycles. The largest absolute Gasteiger partial charge is 0.392 e. The molecule has 0 aliphatic carbocycles. The van der Waals surface area contributed by atoms with E-state index in [1.54, 1.807) is 25.2 Å². The van der Waals surface area contributed by atoms with Crippen molar-refractivity contribution in [1.82, 2.24) is 4.90 Å². The van der Waals surface area contributed by atoms with E-state index in [9.17, 15) is 9.90 Å². The summed E-state index contributed by atoms with van der Waals surface area (Å²) in [5.41, 5.74) is 6.39. The van der Waals surface area contributed by atoms with Crippen LogP contribution < -0.4 is 5.73 Å². The van der Waals surface area contributed by atoms with Crippen LogP contribution in [0.4, 0.5) is 0 Å². The third-order valence-electron chi connectivity index (χ3n) is 3.34. The van der Waals surface area contributed by atoms with Crippen LogP contribution in [0.25, 0.3) is 0 Å². The van der Waals surface area contributed by atoms with Gasteiger partial charge in [-0.3, -0.25) is 4.79 Å². The highest BCUT2D eigenvalue weighted by molar-refractivity contribution is 5.76. The van der Waals surface area contributed by atoms with E-state index in [2.05, 4.69) is 6.92 Å². The molecule has 0 aromatic heterocycles.